The van der Waals surface area contributed by atoms with Crippen molar-refractivity contribution in [2.24, 2.45) is 4.99 Å². The maximum absolute atomic E-state index is 5.41. The third-order valence-electron chi connectivity index (χ3n) is 3.45. The van der Waals surface area contributed by atoms with Crippen LogP contribution in [0.5, 0.6) is 11.5 Å². The van der Waals surface area contributed by atoms with Gasteiger partial charge in [0.25, 0.3) is 0 Å². The molecular weight excluding hydrogens is 376 g/mol. The molecule has 1 N–H and O–H groups in total. The van der Waals surface area contributed by atoms with Crippen molar-refractivity contribution in [2.75, 3.05) is 18.7 Å². The number of amidine groups is 1. The number of rotatable bonds is 2. The largest absolute Gasteiger partial charge is 0.454 e. The zero-order valence-corrected chi connectivity index (χ0v) is 14.5. The number of fused-ring (bicyclic) bond motifs is 1. The molecular formula is C17H13BrN2O2S. The second-order valence-electron chi connectivity index (χ2n) is 5.05. The van der Waals surface area contributed by atoms with E-state index in [1.165, 1.54) is 4.91 Å². The number of aliphatic imine (C=N–C) groups is 1. The first-order chi connectivity index (χ1) is 11.3. The van der Waals surface area contributed by atoms with Gasteiger partial charge < -0.3 is 14.8 Å². The number of hydrogen-bond donors (Lipinski definition) is 1. The van der Waals surface area contributed by atoms with Crippen LogP contribution in [-0.2, 0) is 0 Å². The van der Waals surface area contributed by atoms with Gasteiger partial charge in [-0.05, 0) is 51.8 Å². The zero-order chi connectivity index (χ0) is 15.6. The number of nitrogens with zero attached hydrogens (tertiary/aromatic N) is 1. The van der Waals surface area contributed by atoms with E-state index in [1.54, 1.807) is 11.8 Å². The van der Waals surface area contributed by atoms with E-state index >= 15 is 0 Å². The Morgan fingerprint density at radius 2 is 2.00 bits per heavy atom. The summed E-state index contributed by atoms with van der Waals surface area (Å²) in [5.41, 5.74) is 2.11. The minimum absolute atomic E-state index is 0.299. The van der Waals surface area contributed by atoms with Crippen LogP contribution in [0, 0.1) is 0 Å². The predicted molar refractivity (Wildman–Crippen MR) is 98.2 cm³/mol. The lowest BCUT2D eigenvalue weighted by atomic mass is 10.2. The molecule has 2 aromatic rings. The summed E-state index contributed by atoms with van der Waals surface area (Å²) in [7, 11) is 0. The highest BCUT2D eigenvalue weighted by Gasteiger charge is 2.16. The molecule has 2 aliphatic rings. The summed E-state index contributed by atoms with van der Waals surface area (Å²) in [4.78, 5) is 5.74. The number of ether oxygens (including phenoxy) is 2. The third-order valence-corrected chi connectivity index (χ3v) is 5.07. The SMILES string of the molecule is Brc1ccccc1NC1=NCC(=Cc2ccc3c(c2)OCO3)S1. The number of anilines is 1. The molecule has 0 fully saturated rings. The van der Waals surface area contributed by atoms with Gasteiger partial charge in [0.15, 0.2) is 16.7 Å². The van der Waals surface area contributed by atoms with Crippen molar-refractivity contribution >= 4 is 44.6 Å². The highest BCUT2D eigenvalue weighted by Crippen LogP contribution is 2.35. The summed E-state index contributed by atoms with van der Waals surface area (Å²) in [6.45, 7) is 0.985. The Kier molecular flexibility index (Phi) is 4.01. The molecule has 0 bridgehead atoms. The van der Waals surface area contributed by atoms with Crippen molar-refractivity contribution in [1.82, 2.24) is 0 Å². The van der Waals surface area contributed by atoms with E-state index in [0.29, 0.717) is 13.3 Å². The van der Waals surface area contributed by atoms with Crippen LogP contribution in [0.15, 0.2) is 56.8 Å². The van der Waals surface area contributed by atoms with E-state index in [0.717, 1.165) is 32.4 Å². The molecule has 0 aliphatic carbocycles. The first-order valence-electron chi connectivity index (χ1n) is 7.12. The van der Waals surface area contributed by atoms with E-state index in [9.17, 15) is 0 Å². The fourth-order valence-electron chi connectivity index (χ4n) is 2.35. The second-order valence-corrected chi connectivity index (χ2v) is 7.02. The van der Waals surface area contributed by atoms with Crippen LogP contribution in [0.3, 0.4) is 0 Å². The van der Waals surface area contributed by atoms with Crippen LogP contribution in [-0.4, -0.2) is 18.5 Å². The molecule has 116 valence electrons. The van der Waals surface area contributed by atoms with Crippen molar-refractivity contribution in [3.8, 4) is 11.5 Å². The number of benzene rings is 2. The van der Waals surface area contributed by atoms with Crippen LogP contribution in [0.2, 0.25) is 0 Å². The van der Waals surface area contributed by atoms with Crippen molar-refractivity contribution in [3.63, 3.8) is 0 Å². The Bertz CT molecular complexity index is 820. The van der Waals surface area contributed by atoms with Gasteiger partial charge >= 0.3 is 0 Å². The zero-order valence-electron chi connectivity index (χ0n) is 12.1. The molecule has 0 radical (unpaired) electrons. The smallest absolute Gasteiger partial charge is 0.231 e. The van der Waals surface area contributed by atoms with Gasteiger partial charge in [0.2, 0.25) is 6.79 Å². The maximum Gasteiger partial charge on any atom is 0.231 e. The minimum atomic E-state index is 0.299. The molecule has 2 heterocycles. The lowest BCUT2D eigenvalue weighted by Crippen LogP contribution is -2.04. The molecule has 0 aromatic heterocycles. The Hall–Kier alpha value is -1.92. The second kappa shape index (κ2) is 6.29. The molecule has 23 heavy (non-hydrogen) atoms. The lowest BCUT2D eigenvalue weighted by Gasteiger charge is -2.06. The van der Waals surface area contributed by atoms with Gasteiger partial charge in [0.05, 0.1) is 12.2 Å². The van der Waals surface area contributed by atoms with E-state index in [2.05, 4.69) is 32.3 Å². The number of para-hydroxylation sites is 1. The van der Waals surface area contributed by atoms with Crippen LogP contribution in [0.4, 0.5) is 5.69 Å². The molecule has 4 nitrogen and oxygen atoms in total. The summed E-state index contributed by atoms with van der Waals surface area (Å²) in [6, 6.07) is 14.0. The summed E-state index contributed by atoms with van der Waals surface area (Å²) >= 11 is 5.18. The van der Waals surface area contributed by atoms with Crippen molar-refractivity contribution < 1.29 is 9.47 Å². The molecule has 0 unspecified atom stereocenters. The topological polar surface area (TPSA) is 42.9 Å². The van der Waals surface area contributed by atoms with Gasteiger partial charge in [-0.3, -0.25) is 4.99 Å². The van der Waals surface area contributed by atoms with E-state index < -0.39 is 0 Å². The van der Waals surface area contributed by atoms with Crippen LogP contribution in [0.25, 0.3) is 6.08 Å². The normalized spacial score (nSPS) is 17.4. The molecule has 4 rings (SSSR count). The van der Waals surface area contributed by atoms with Gasteiger partial charge in [-0.15, -0.1) is 0 Å². The van der Waals surface area contributed by atoms with E-state index in [-0.39, 0.29) is 0 Å². The number of halogens is 1. The van der Waals surface area contributed by atoms with Crippen molar-refractivity contribution in [1.29, 1.82) is 0 Å². The Labute approximate surface area is 146 Å². The van der Waals surface area contributed by atoms with E-state index in [1.807, 2.05) is 42.5 Å². The van der Waals surface area contributed by atoms with E-state index in [4.69, 9.17) is 9.47 Å². The lowest BCUT2D eigenvalue weighted by molar-refractivity contribution is 0.174. The van der Waals surface area contributed by atoms with Crippen molar-refractivity contribution in [3.05, 3.63) is 57.4 Å². The fraction of sp³-hybridized carbons (Fsp3) is 0.118. The summed E-state index contributed by atoms with van der Waals surface area (Å²) in [6.07, 6.45) is 2.13. The van der Waals surface area contributed by atoms with Gasteiger partial charge in [-0.25, -0.2) is 0 Å². The molecule has 2 aliphatic heterocycles. The van der Waals surface area contributed by atoms with Gasteiger partial charge in [0, 0.05) is 9.38 Å². The monoisotopic (exact) mass is 388 g/mol. The fourth-order valence-corrected chi connectivity index (χ4v) is 3.59. The van der Waals surface area contributed by atoms with Crippen LogP contribution in [0.1, 0.15) is 5.56 Å². The van der Waals surface area contributed by atoms with Crippen molar-refractivity contribution in [2.45, 2.75) is 0 Å². The molecule has 0 amide bonds. The Balaban J connectivity index is 1.46. The molecule has 0 saturated heterocycles. The van der Waals surface area contributed by atoms with Gasteiger partial charge in [-0.1, -0.05) is 30.0 Å². The average Bonchev–Trinajstić information content (AvgIpc) is 3.18. The molecule has 6 heteroatoms. The number of hydrogen-bond acceptors (Lipinski definition) is 5. The quantitative estimate of drug-likeness (QED) is 0.806. The van der Waals surface area contributed by atoms with Gasteiger partial charge in [-0.2, -0.15) is 0 Å². The Morgan fingerprint density at radius 3 is 2.91 bits per heavy atom. The molecule has 0 saturated carbocycles. The highest BCUT2D eigenvalue weighted by molar-refractivity contribution is 9.10. The van der Waals surface area contributed by atoms with Gasteiger partial charge in [0.1, 0.15) is 0 Å². The molecule has 0 atom stereocenters. The molecule has 0 spiro atoms. The first kappa shape index (κ1) is 14.7. The summed E-state index contributed by atoms with van der Waals surface area (Å²) < 4.78 is 11.8. The highest BCUT2D eigenvalue weighted by atomic mass is 79.9. The minimum Gasteiger partial charge on any atom is -0.454 e. The van der Waals surface area contributed by atoms with Crippen LogP contribution < -0.4 is 14.8 Å². The number of thioether (sulfide) groups is 1. The average molecular weight is 389 g/mol. The summed E-state index contributed by atoms with van der Waals surface area (Å²) in [5, 5.41) is 4.25. The standard InChI is InChI=1S/C17H13BrN2O2S/c18-13-3-1-2-4-14(13)20-17-19-9-12(23-17)7-11-5-6-15-16(8-11)22-10-21-15/h1-8H,9-10H2,(H,19,20). The number of nitrogens with one attached hydrogen (secondary N) is 1. The maximum atomic E-state index is 5.41. The van der Waals surface area contributed by atoms with Crippen LogP contribution >= 0.6 is 27.7 Å². The third kappa shape index (κ3) is 3.23. The molecule has 2 aromatic carbocycles. The Morgan fingerprint density at radius 1 is 1.13 bits per heavy atom. The summed E-state index contributed by atoms with van der Waals surface area (Å²) in [5.74, 6) is 1.61. The predicted octanol–water partition coefficient (Wildman–Crippen LogP) is 4.73. The first-order valence-corrected chi connectivity index (χ1v) is 8.73.